The quantitative estimate of drug-likeness (QED) is 0.345. The van der Waals surface area contributed by atoms with Crippen molar-refractivity contribution < 1.29 is 4.42 Å². The molecule has 6 aromatic rings. The molecular weight excluding hydrogens is 410 g/mol. The van der Waals surface area contributed by atoms with E-state index in [1.54, 1.807) is 0 Å². The molecule has 3 aromatic carbocycles. The van der Waals surface area contributed by atoms with Gasteiger partial charge in [0.25, 0.3) is 0 Å². The first kappa shape index (κ1) is 19.4. The molecule has 0 radical (unpaired) electrons. The van der Waals surface area contributed by atoms with E-state index < -0.39 is 0 Å². The van der Waals surface area contributed by atoms with E-state index in [4.69, 9.17) is 14.4 Å². The Bertz CT molecular complexity index is 1660. The molecule has 160 valence electrons. The second-order valence-corrected chi connectivity index (χ2v) is 8.17. The van der Waals surface area contributed by atoms with E-state index in [2.05, 4.69) is 40.7 Å². The number of aryl methyl sites for hydroxylation is 2. The molecule has 0 aliphatic rings. The minimum Gasteiger partial charge on any atom is -0.419 e. The first-order chi connectivity index (χ1) is 16.2. The van der Waals surface area contributed by atoms with Gasteiger partial charge in [-0.1, -0.05) is 54.6 Å². The Morgan fingerprint density at radius 1 is 0.788 bits per heavy atom. The fourth-order valence-corrected chi connectivity index (χ4v) is 4.31. The predicted octanol–water partition coefficient (Wildman–Crippen LogP) is 5.96. The standard InChI is InChI=1S/C27H21N5O/c1-17-12-13-18(2)26-24(17)25-27(29-21-11-7-6-10-20(21)28-25)32(26)16-23-31-30-22(33-23)15-14-19-8-4-3-5-9-19/h3-15H,16H2,1-2H3. The number of para-hydroxylation sites is 2. The molecule has 0 amide bonds. The number of fused-ring (bicyclic) bond motifs is 4. The Labute approximate surface area is 190 Å². The van der Waals surface area contributed by atoms with Crippen LogP contribution in [0.15, 0.2) is 71.1 Å². The zero-order valence-electron chi connectivity index (χ0n) is 18.4. The fraction of sp³-hybridized carbons (Fsp3) is 0.111. The number of rotatable bonds is 4. The van der Waals surface area contributed by atoms with Gasteiger partial charge in [0, 0.05) is 11.5 Å². The summed E-state index contributed by atoms with van der Waals surface area (Å²) >= 11 is 0. The van der Waals surface area contributed by atoms with E-state index in [9.17, 15) is 0 Å². The normalized spacial score (nSPS) is 11.9. The summed E-state index contributed by atoms with van der Waals surface area (Å²) in [5.74, 6) is 0.997. The average Bonchev–Trinajstić information content (AvgIpc) is 3.42. The van der Waals surface area contributed by atoms with Crippen LogP contribution in [0.25, 0.3) is 45.3 Å². The van der Waals surface area contributed by atoms with E-state index in [1.165, 1.54) is 5.56 Å². The number of aromatic nitrogens is 5. The van der Waals surface area contributed by atoms with Crippen LogP contribution < -0.4 is 0 Å². The van der Waals surface area contributed by atoms with E-state index in [0.29, 0.717) is 18.3 Å². The summed E-state index contributed by atoms with van der Waals surface area (Å²) in [6.45, 7) is 4.64. The van der Waals surface area contributed by atoms with Crippen LogP contribution in [0.1, 0.15) is 28.5 Å². The number of benzene rings is 3. The van der Waals surface area contributed by atoms with Crippen LogP contribution in [0, 0.1) is 13.8 Å². The molecule has 0 fully saturated rings. The lowest BCUT2D eigenvalue weighted by atomic mass is 10.1. The van der Waals surface area contributed by atoms with Crippen molar-refractivity contribution in [3.05, 3.63) is 95.2 Å². The lowest BCUT2D eigenvalue weighted by Crippen LogP contribution is -2.02. The molecule has 6 nitrogen and oxygen atoms in total. The second-order valence-electron chi connectivity index (χ2n) is 8.17. The van der Waals surface area contributed by atoms with Gasteiger partial charge in [-0.3, -0.25) is 0 Å². The Morgan fingerprint density at radius 3 is 2.33 bits per heavy atom. The largest absolute Gasteiger partial charge is 0.419 e. The third-order valence-corrected chi connectivity index (χ3v) is 5.90. The van der Waals surface area contributed by atoms with Gasteiger partial charge in [0.2, 0.25) is 11.8 Å². The van der Waals surface area contributed by atoms with Crippen LogP contribution >= 0.6 is 0 Å². The molecule has 3 heterocycles. The number of nitrogens with zero attached hydrogens (tertiary/aromatic N) is 5. The van der Waals surface area contributed by atoms with Gasteiger partial charge in [0.1, 0.15) is 12.1 Å². The molecule has 0 saturated heterocycles. The van der Waals surface area contributed by atoms with E-state index >= 15 is 0 Å². The van der Waals surface area contributed by atoms with Crippen LogP contribution in [-0.2, 0) is 6.54 Å². The molecule has 0 N–H and O–H groups in total. The fourth-order valence-electron chi connectivity index (χ4n) is 4.31. The molecule has 33 heavy (non-hydrogen) atoms. The van der Waals surface area contributed by atoms with E-state index in [0.717, 1.165) is 44.2 Å². The van der Waals surface area contributed by atoms with Gasteiger partial charge in [0.05, 0.1) is 16.6 Å². The highest BCUT2D eigenvalue weighted by Gasteiger charge is 2.19. The first-order valence-corrected chi connectivity index (χ1v) is 10.9. The SMILES string of the molecule is Cc1ccc(C)c2c1c1nc3ccccc3nc1n2Cc1nnc(C=Cc2ccccc2)o1. The van der Waals surface area contributed by atoms with Crippen molar-refractivity contribution in [3.8, 4) is 0 Å². The van der Waals surface area contributed by atoms with E-state index in [1.807, 2.05) is 66.7 Å². The molecule has 0 aliphatic heterocycles. The first-order valence-electron chi connectivity index (χ1n) is 10.9. The van der Waals surface area contributed by atoms with Gasteiger partial charge in [-0.05, 0) is 48.7 Å². The third kappa shape index (κ3) is 3.36. The van der Waals surface area contributed by atoms with Crippen molar-refractivity contribution in [1.29, 1.82) is 0 Å². The minimum atomic E-state index is 0.420. The van der Waals surface area contributed by atoms with Gasteiger partial charge in [0.15, 0.2) is 5.65 Å². The lowest BCUT2D eigenvalue weighted by molar-refractivity contribution is 0.475. The van der Waals surface area contributed by atoms with Gasteiger partial charge >= 0.3 is 0 Å². The van der Waals surface area contributed by atoms with Crippen molar-refractivity contribution >= 4 is 45.3 Å². The highest BCUT2D eigenvalue weighted by atomic mass is 16.4. The summed E-state index contributed by atoms with van der Waals surface area (Å²) in [5.41, 5.74) is 7.96. The third-order valence-electron chi connectivity index (χ3n) is 5.90. The predicted molar refractivity (Wildman–Crippen MR) is 131 cm³/mol. The maximum Gasteiger partial charge on any atom is 0.240 e. The van der Waals surface area contributed by atoms with Crippen molar-refractivity contribution in [2.75, 3.05) is 0 Å². The summed E-state index contributed by atoms with van der Waals surface area (Å²) < 4.78 is 8.10. The molecule has 0 spiro atoms. The zero-order valence-corrected chi connectivity index (χ0v) is 18.4. The number of hydrogen-bond donors (Lipinski definition) is 0. The highest BCUT2D eigenvalue weighted by Crippen LogP contribution is 2.33. The Hall–Kier alpha value is -4.32. The topological polar surface area (TPSA) is 69.6 Å². The Balaban J connectivity index is 1.48. The van der Waals surface area contributed by atoms with Gasteiger partial charge < -0.3 is 8.98 Å². The van der Waals surface area contributed by atoms with Gasteiger partial charge in [-0.2, -0.15) is 0 Å². The van der Waals surface area contributed by atoms with Crippen molar-refractivity contribution in [3.63, 3.8) is 0 Å². The second kappa shape index (κ2) is 7.67. The average molecular weight is 431 g/mol. The summed E-state index contributed by atoms with van der Waals surface area (Å²) in [6.07, 6.45) is 3.79. The lowest BCUT2D eigenvalue weighted by Gasteiger charge is -2.06. The molecule has 6 rings (SSSR count). The summed E-state index contributed by atoms with van der Waals surface area (Å²) in [5, 5.41) is 9.62. The van der Waals surface area contributed by atoms with Gasteiger partial charge in [-0.25, -0.2) is 9.97 Å². The van der Waals surface area contributed by atoms with Crippen LogP contribution in [0.5, 0.6) is 0 Å². The van der Waals surface area contributed by atoms with Gasteiger partial charge in [-0.15, -0.1) is 10.2 Å². The molecule has 0 aliphatic carbocycles. The van der Waals surface area contributed by atoms with E-state index in [-0.39, 0.29) is 0 Å². The molecule has 0 saturated carbocycles. The van der Waals surface area contributed by atoms with Crippen LogP contribution in [0.3, 0.4) is 0 Å². The minimum absolute atomic E-state index is 0.420. The van der Waals surface area contributed by atoms with Crippen molar-refractivity contribution in [2.24, 2.45) is 0 Å². The maximum atomic E-state index is 5.96. The smallest absolute Gasteiger partial charge is 0.240 e. The monoisotopic (exact) mass is 431 g/mol. The summed E-state index contributed by atoms with van der Waals surface area (Å²) in [7, 11) is 0. The molecule has 3 aromatic heterocycles. The molecule has 0 atom stereocenters. The van der Waals surface area contributed by atoms with Crippen LogP contribution in [0.4, 0.5) is 0 Å². The molecular formula is C27H21N5O. The van der Waals surface area contributed by atoms with Crippen LogP contribution in [-0.4, -0.2) is 24.7 Å². The molecule has 0 bridgehead atoms. The summed E-state index contributed by atoms with van der Waals surface area (Å²) in [6, 6.07) is 22.3. The molecule has 0 unspecified atom stereocenters. The maximum absolute atomic E-state index is 5.96. The Kier molecular flexibility index (Phi) is 4.50. The Morgan fingerprint density at radius 2 is 1.52 bits per heavy atom. The summed E-state index contributed by atoms with van der Waals surface area (Å²) in [4.78, 5) is 9.95. The zero-order chi connectivity index (χ0) is 22.4. The molecule has 6 heteroatoms. The highest BCUT2D eigenvalue weighted by molar-refractivity contribution is 6.09. The number of hydrogen-bond acceptors (Lipinski definition) is 5. The van der Waals surface area contributed by atoms with Crippen molar-refractivity contribution in [2.45, 2.75) is 20.4 Å². The van der Waals surface area contributed by atoms with Crippen molar-refractivity contribution in [1.82, 2.24) is 24.7 Å². The van der Waals surface area contributed by atoms with Crippen LogP contribution in [0.2, 0.25) is 0 Å².